The molecule has 0 atom stereocenters. The lowest BCUT2D eigenvalue weighted by Crippen LogP contribution is -2.25. The molecule has 0 saturated heterocycles. The van der Waals surface area contributed by atoms with E-state index in [1.807, 2.05) is 30.3 Å². The summed E-state index contributed by atoms with van der Waals surface area (Å²) in [6, 6.07) is 9.76. The van der Waals surface area contributed by atoms with E-state index in [9.17, 15) is 5.11 Å². The molecule has 1 aromatic heterocycles. The molecule has 0 amide bonds. The predicted octanol–water partition coefficient (Wildman–Crippen LogP) is 1.94. The molecular formula is C15H20N2O2. The van der Waals surface area contributed by atoms with Crippen LogP contribution in [0.25, 0.3) is 10.9 Å². The molecule has 0 unspecified atom stereocenters. The minimum atomic E-state index is 0.00753. The van der Waals surface area contributed by atoms with Gasteiger partial charge < -0.3 is 15.1 Å². The highest BCUT2D eigenvalue weighted by Crippen LogP contribution is 2.23. The maximum Gasteiger partial charge on any atom is 0.129 e. The summed E-state index contributed by atoms with van der Waals surface area (Å²) in [5, 5.41) is 19.4. The number of aliphatic hydroxyl groups excluding tert-OH is 2. The molecule has 0 aliphatic heterocycles. The molecule has 2 N–H and O–H groups in total. The number of hydrogen-bond acceptors (Lipinski definition) is 4. The Bertz CT molecular complexity index is 543. The fourth-order valence-electron chi connectivity index (χ4n) is 2.22. The molecule has 0 aliphatic carbocycles. The Balaban J connectivity index is 2.42. The van der Waals surface area contributed by atoms with Crippen molar-refractivity contribution in [3.05, 3.63) is 35.9 Å². The van der Waals surface area contributed by atoms with Gasteiger partial charge in [-0.15, -0.1) is 0 Å². The fourth-order valence-corrected chi connectivity index (χ4v) is 2.22. The van der Waals surface area contributed by atoms with Crippen molar-refractivity contribution in [2.24, 2.45) is 0 Å². The summed E-state index contributed by atoms with van der Waals surface area (Å²) in [5.74, 6) is 0.860. The molecule has 102 valence electrons. The second-order valence-corrected chi connectivity index (χ2v) is 4.47. The van der Waals surface area contributed by atoms with Crippen LogP contribution in [0.4, 0.5) is 5.82 Å². The third-order valence-corrected chi connectivity index (χ3v) is 3.25. The number of rotatable bonds is 6. The van der Waals surface area contributed by atoms with E-state index in [-0.39, 0.29) is 13.2 Å². The summed E-state index contributed by atoms with van der Waals surface area (Å²) in [6.07, 6.45) is 0.719. The van der Waals surface area contributed by atoms with Gasteiger partial charge in [-0.1, -0.05) is 18.2 Å². The van der Waals surface area contributed by atoms with Crippen molar-refractivity contribution in [1.29, 1.82) is 0 Å². The SMILES string of the molecule is CCN(CCCO)c1cc(CO)c2ccccc2n1. The first-order valence-electron chi connectivity index (χ1n) is 6.65. The summed E-state index contributed by atoms with van der Waals surface area (Å²) in [4.78, 5) is 6.75. The molecule has 0 spiro atoms. The monoisotopic (exact) mass is 260 g/mol. The first-order chi connectivity index (χ1) is 9.30. The smallest absolute Gasteiger partial charge is 0.129 e. The highest BCUT2D eigenvalue weighted by atomic mass is 16.3. The molecule has 4 nitrogen and oxygen atoms in total. The molecule has 0 radical (unpaired) electrons. The first-order valence-corrected chi connectivity index (χ1v) is 6.65. The predicted molar refractivity (Wildman–Crippen MR) is 77.3 cm³/mol. The molecule has 2 rings (SSSR count). The van der Waals surface area contributed by atoms with Gasteiger partial charge in [0.25, 0.3) is 0 Å². The van der Waals surface area contributed by atoms with Gasteiger partial charge in [0, 0.05) is 25.1 Å². The Morgan fingerprint density at radius 1 is 1.21 bits per heavy atom. The number of benzene rings is 1. The second kappa shape index (κ2) is 6.50. The van der Waals surface area contributed by atoms with E-state index in [1.165, 1.54) is 0 Å². The van der Waals surface area contributed by atoms with Gasteiger partial charge in [0.15, 0.2) is 0 Å². The van der Waals surface area contributed by atoms with Crippen molar-refractivity contribution in [2.45, 2.75) is 20.0 Å². The van der Waals surface area contributed by atoms with E-state index >= 15 is 0 Å². The maximum atomic E-state index is 9.50. The minimum Gasteiger partial charge on any atom is -0.396 e. The highest BCUT2D eigenvalue weighted by Gasteiger charge is 2.09. The number of pyridine rings is 1. The van der Waals surface area contributed by atoms with Gasteiger partial charge in [-0.05, 0) is 31.0 Å². The van der Waals surface area contributed by atoms with Gasteiger partial charge in [0.1, 0.15) is 5.82 Å². The van der Waals surface area contributed by atoms with Gasteiger partial charge in [-0.3, -0.25) is 0 Å². The van der Waals surface area contributed by atoms with Crippen LogP contribution in [-0.4, -0.2) is 34.9 Å². The van der Waals surface area contributed by atoms with E-state index in [4.69, 9.17) is 5.11 Å². The lowest BCUT2D eigenvalue weighted by Gasteiger charge is -2.22. The molecule has 0 saturated carbocycles. The van der Waals surface area contributed by atoms with Crippen LogP contribution < -0.4 is 4.90 Å². The Kier molecular flexibility index (Phi) is 4.71. The van der Waals surface area contributed by atoms with Crippen molar-refractivity contribution >= 4 is 16.7 Å². The van der Waals surface area contributed by atoms with Crippen LogP contribution in [0.3, 0.4) is 0 Å². The van der Waals surface area contributed by atoms with Gasteiger partial charge in [-0.2, -0.15) is 0 Å². The molecule has 19 heavy (non-hydrogen) atoms. The third kappa shape index (κ3) is 3.03. The highest BCUT2D eigenvalue weighted by molar-refractivity contribution is 5.84. The largest absolute Gasteiger partial charge is 0.396 e. The number of aromatic nitrogens is 1. The lowest BCUT2D eigenvalue weighted by molar-refractivity contribution is 0.283. The van der Waals surface area contributed by atoms with Gasteiger partial charge in [0.2, 0.25) is 0 Å². The van der Waals surface area contributed by atoms with E-state index in [0.717, 1.165) is 41.8 Å². The molecule has 1 heterocycles. The van der Waals surface area contributed by atoms with Gasteiger partial charge >= 0.3 is 0 Å². The van der Waals surface area contributed by atoms with Crippen LogP contribution >= 0.6 is 0 Å². The zero-order chi connectivity index (χ0) is 13.7. The maximum absolute atomic E-state index is 9.50. The first kappa shape index (κ1) is 13.8. The average Bonchev–Trinajstić information content (AvgIpc) is 2.47. The van der Waals surface area contributed by atoms with Crippen LogP contribution in [0.1, 0.15) is 18.9 Å². The molecule has 0 bridgehead atoms. The quantitative estimate of drug-likeness (QED) is 0.833. The lowest BCUT2D eigenvalue weighted by atomic mass is 10.1. The number of aliphatic hydroxyl groups is 2. The second-order valence-electron chi connectivity index (χ2n) is 4.47. The van der Waals surface area contributed by atoms with Crippen molar-refractivity contribution in [1.82, 2.24) is 4.98 Å². The van der Waals surface area contributed by atoms with Crippen molar-refractivity contribution in [3.8, 4) is 0 Å². The summed E-state index contributed by atoms with van der Waals surface area (Å²) >= 11 is 0. The van der Waals surface area contributed by atoms with Crippen molar-refractivity contribution in [2.75, 3.05) is 24.6 Å². The molecule has 4 heteroatoms. The molecule has 0 fully saturated rings. The van der Waals surface area contributed by atoms with Crippen LogP contribution in [0.5, 0.6) is 0 Å². The minimum absolute atomic E-state index is 0.00753. The van der Waals surface area contributed by atoms with Gasteiger partial charge in [0.05, 0.1) is 12.1 Å². The summed E-state index contributed by atoms with van der Waals surface area (Å²) < 4.78 is 0. The van der Waals surface area contributed by atoms with Crippen LogP contribution in [-0.2, 0) is 6.61 Å². The van der Waals surface area contributed by atoms with E-state index in [0.29, 0.717) is 0 Å². The summed E-state index contributed by atoms with van der Waals surface area (Å²) in [5.41, 5.74) is 1.79. The number of nitrogens with zero attached hydrogens (tertiary/aromatic N) is 2. The molecule has 1 aromatic carbocycles. The topological polar surface area (TPSA) is 56.6 Å². The molecule has 2 aromatic rings. The fraction of sp³-hybridized carbons (Fsp3) is 0.400. The zero-order valence-electron chi connectivity index (χ0n) is 11.2. The van der Waals surface area contributed by atoms with Crippen LogP contribution in [0, 0.1) is 0 Å². The number of fused-ring (bicyclic) bond motifs is 1. The summed E-state index contributed by atoms with van der Waals surface area (Å²) in [6.45, 7) is 3.84. The van der Waals surface area contributed by atoms with Crippen molar-refractivity contribution in [3.63, 3.8) is 0 Å². The molecule has 0 aliphatic rings. The Morgan fingerprint density at radius 2 is 2.00 bits per heavy atom. The Hall–Kier alpha value is -1.65. The van der Waals surface area contributed by atoms with Gasteiger partial charge in [-0.25, -0.2) is 4.98 Å². The number of para-hydroxylation sites is 1. The number of anilines is 1. The Labute approximate surface area is 113 Å². The standard InChI is InChI=1S/C15H20N2O2/c1-2-17(8-5-9-18)15-10-12(11-19)13-6-3-4-7-14(13)16-15/h3-4,6-7,10,18-19H,2,5,8-9,11H2,1H3. The van der Waals surface area contributed by atoms with Crippen LogP contribution in [0.2, 0.25) is 0 Å². The van der Waals surface area contributed by atoms with E-state index < -0.39 is 0 Å². The zero-order valence-corrected chi connectivity index (χ0v) is 11.2. The summed E-state index contributed by atoms with van der Waals surface area (Å²) in [7, 11) is 0. The van der Waals surface area contributed by atoms with Crippen molar-refractivity contribution < 1.29 is 10.2 Å². The van der Waals surface area contributed by atoms with Crippen LogP contribution in [0.15, 0.2) is 30.3 Å². The number of hydrogen-bond donors (Lipinski definition) is 2. The van der Waals surface area contributed by atoms with E-state index in [1.54, 1.807) is 0 Å². The normalized spacial score (nSPS) is 10.9. The van der Waals surface area contributed by atoms with E-state index in [2.05, 4.69) is 16.8 Å². The third-order valence-electron chi connectivity index (χ3n) is 3.25. The molecular weight excluding hydrogens is 240 g/mol. The Morgan fingerprint density at radius 3 is 2.68 bits per heavy atom. The average molecular weight is 260 g/mol.